The van der Waals surface area contributed by atoms with E-state index in [0.29, 0.717) is 5.25 Å². The van der Waals surface area contributed by atoms with E-state index in [4.69, 9.17) is 4.74 Å². The van der Waals surface area contributed by atoms with Gasteiger partial charge in [0.1, 0.15) is 6.61 Å². The molecule has 0 spiro atoms. The number of hydrogen-bond acceptors (Lipinski definition) is 3. The van der Waals surface area contributed by atoms with Crippen LogP contribution in [0.3, 0.4) is 0 Å². The van der Waals surface area contributed by atoms with E-state index < -0.39 is 0 Å². The molecule has 19 heavy (non-hydrogen) atoms. The van der Waals surface area contributed by atoms with Crippen molar-refractivity contribution in [3.05, 3.63) is 48.3 Å². The van der Waals surface area contributed by atoms with Crippen molar-refractivity contribution in [2.75, 3.05) is 12.4 Å². The summed E-state index contributed by atoms with van der Waals surface area (Å²) in [7, 11) is 0. The van der Waals surface area contributed by atoms with E-state index in [1.807, 2.05) is 47.0 Å². The Hall–Kier alpha value is -1.42. The molecule has 2 aromatic rings. The summed E-state index contributed by atoms with van der Waals surface area (Å²) in [4.78, 5) is 0. The van der Waals surface area contributed by atoms with Gasteiger partial charge in [-0.2, -0.15) is 16.9 Å². The first kappa shape index (κ1) is 12.6. The Labute approximate surface area is 118 Å². The predicted octanol–water partition coefficient (Wildman–Crippen LogP) is 3.21. The second kappa shape index (κ2) is 6.15. The topological polar surface area (TPSA) is 27.1 Å². The minimum Gasteiger partial charge on any atom is -0.489 e. The summed E-state index contributed by atoms with van der Waals surface area (Å²) in [5.41, 5.74) is 1.25. The summed E-state index contributed by atoms with van der Waals surface area (Å²) in [6, 6.07) is 10.3. The summed E-state index contributed by atoms with van der Waals surface area (Å²) in [5, 5.41) is 5.01. The third-order valence-corrected chi connectivity index (χ3v) is 4.62. The fourth-order valence-electron chi connectivity index (χ4n) is 2.24. The van der Waals surface area contributed by atoms with Crippen LogP contribution in [0.4, 0.5) is 0 Å². The van der Waals surface area contributed by atoms with E-state index in [9.17, 15) is 0 Å². The van der Waals surface area contributed by atoms with E-state index in [0.717, 1.165) is 18.9 Å². The Morgan fingerprint density at radius 1 is 1.32 bits per heavy atom. The van der Waals surface area contributed by atoms with Crippen molar-refractivity contribution in [3.8, 4) is 5.75 Å². The highest BCUT2D eigenvalue weighted by atomic mass is 32.2. The molecule has 1 aliphatic rings. The van der Waals surface area contributed by atoms with Crippen molar-refractivity contribution >= 4 is 11.8 Å². The average Bonchev–Trinajstić information content (AvgIpc) is 3.09. The molecule has 3 rings (SSSR count). The van der Waals surface area contributed by atoms with Crippen molar-refractivity contribution in [3.63, 3.8) is 0 Å². The lowest BCUT2D eigenvalue weighted by molar-refractivity contribution is 0.314. The summed E-state index contributed by atoms with van der Waals surface area (Å²) in [5.74, 6) is 2.16. The van der Waals surface area contributed by atoms with Gasteiger partial charge in [0.25, 0.3) is 0 Å². The lowest BCUT2D eigenvalue weighted by Crippen LogP contribution is -2.10. The fraction of sp³-hybridized carbons (Fsp3) is 0.400. The SMILES string of the molecule is c1ccc(Cn2cc(OCC3CCCS3)cn2)cc1. The minimum atomic E-state index is 0.664. The molecule has 0 saturated carbocycles. The predicted molar refractivity (Wildman–Crippen MR) is 78.7 cm³/mol. The molecule has 2 heterocycles. The van der Waals surface area contributed by atoms with Crippen LogP contribution >= 0.6 is 11.8 Å². The zero-order chi connectivity index (χ0) is 12.9. The van der Waals surface area contributed by atoms with E-state index in [-0.39, 0.29) is 0 Å². The first-order valence-corrected chi connectivity index (χ1v) is 7.76. The quantitative estimate of drug-likeness (QED) is 0.837. The summed E-state index contributed by atoms with van der Waals surface area (Å²) < 4.78 is 7.73. The van der Waals surface area contributed by atoms with Gasteiger partial charge in [-0.1, -0.05) is 30.3 Å². The number of thioether (sulfide) groups is 1. The van der Waals surface area contributed by atoms with Gasteiger partial charge in [0, 0.05) is 5.25 Å². The second-order valence-corrected chi connectivity index (χ2v) is 6.21. The van der Waals surface area contributed by atoms with Gasteiger partial charge >= 0.3 is 0 Å². The summed E-state index contributed by atoms with van der Waals surface area (Å²) in [6.07, 6.45) is 6.39. The summed E-state index contributed by atoms with van der Waals surface area (Å²) >= 11 is 2.02. The van der Waals surface area contributed by atoms with Gasteiger partial charge in [-0.05, 0) is 24.2 Å². The molecule has 1 saturated heterocycles. The van der Waals surface area contributed by atoms with E-state index >= 15 is 0 Å². The van der Waals surface area contributed by atoms with Gasteiger partial charge in [0.2, 0.25) is 0 Å². The Morgan fingerprint density at radius 2 is 2.21 bits per heavy atom. The Bertz CT molecular complexity index is 506. The molecule has 0 bridgehead atoms. The molecule has 100 valence electrons. The highest BCUT2D eigenvalue weighted by Gasteiger charge is 2.16. The van der Waals surface area contributed by atoms with Gasteiger partial charge in [-0.25, -0.2) is 0 Å². The molecule has 0 radical (unpaired) electrons. The molecule has 4 heteroatoms. The Morgan fingerprint density at radius 3 is 3.00 bits per heavy atom. The minimum absolute atomic E-state index is 0.664. The standard InChI is InChI=1S/C15H18N2OS/c1-2-5-13(6-3-1)10-17-11-14(9-16-17)18-12-15-7-4-8-19-15/h1-3,5-6,9,11,15H,4,7-8,10,12H2. The summed E-state index contributed by atoms with van der Waals surface area (Å²) in [6.45, 7) is 1.60. The molecular weight excluding hydrogens is 256 g/mol. The smallest absolute Gasteiger partial charge is 0.157 e. The van der Waals surface area contributed by atoms with Crippen molar-refractivity contribution in [1.29, 1.82) is 0 Å². The zero-order valence-corrected chi connectivity index (χ0v) is 11.7. The Kier molecular flexibility index (Phi) is 4.08. The van der Waals surface area contributed by atoms with Gasteiger partial charge < -0.3 is 4.74 Å². The van der Waals surface area contributed by atoms with Crippen LogP contribution in [0.15, 0.2) is 42.7 Å². The number of rotatable bonds is 5. The van der Waals surface area contributed by atoms with Gasteiger partial charge in [-0.3, -0.25) is 4.68 Å². The van der Waals surface area contributed by atoms with Crippen LogP contribution in [-0.4, -0.2) is 27.4 Å². The van der Waals surface area contributed by atoms with Crippen LogP contribution in [0, 0.1) is 0 Å². The van der Waals surface area contributed by atoms with Crippen molar-refractivity contribution in [2.24, 2.45) is 0 Å². The normalized spacial score (nSPS) is 18.6. The largest absolute Gasteiger partial charge is 0.489 e. The van der Waals surface area contributed by atoms with E-state index in [2.05, 4.69) is 17.2 Å². The number of nitrogens with zero attached hydrogens (tertiary/aromatic N) is 2. The third-order valence-electron chi connectivity index (χ3n) is 3.26. The molecule has 1 aromatic heterocycles. The van der Waals surface area contributed by atoms with Crippen molar-refractivity contribution < 1.29 is 4.74 Å². The maximum absolute atomic E-state index is 5.80. The molecule has 1 aromatic carbocycles. The molecule has 1 aliphatic heterocycles. The maximum atomic E-state index is 5.80. The molecule has 0 N–H and O–H groups in total. The zero-order valence-electron chi connectivity index (χ0n) is 10.9. The van der Waals surface area contributed by atoms with Crippen LogP contribution in [0.5, 0.6) is 5.75 Å². The van der Waals surface area contributed by atoms with Crippen LogP contribution < -0.4 is 4.74 Å². The Balaban J connectivity index is 1.54. The highest BCUT2D eigenvalue weighted by Crippen LogP contribution is 2.26. The van der Waals surface area contributed by atoms with Crippen molar-refractivity contribution in [1.82, 2.24) is 9.78 Å². The second-order valence-electron chi connectivity index (χ2n) is 4.81. The first-order chi connectivity index (χ1) is 9.40. The lowest BCUT2D eigenvalue weighted by Gasteiger charge is -2.08. The maximum Gasteiger partial charge on any atom is 0.157 e. The van der Waals surface area contributed by atoms with Crippen LogP contribution in [0.2, 0.25) is 0 Å². The average molecular weight is 274 g/mol. The van der Waals surface area contributed by atoms with Crippen LogP contribution in [0.25, 0.3) is 0 Å². The lowest BCUT2D eigenvalue weighted by atomic mass is 10.2. The number of aromatic nitrogens is 2. The molecule has 3 nitrogen and oxygen atoms in total. The van der Waals surface area contributed by atoms with Gasteiger partial charge in [0.05, 0.1) is 18.9 Å². The van der Waals surface area contributed by atoms with E-state index in [1.165, 1.54) is 24.2 Å². The third kappa shape index (κ3) is 3.53. The van der Waals surface area contributed by atoms with E-state index in [1.54, 1.807) is 0 Å². The van der Waals surface area contributed by atoms with Crippen LogP contribution in [-0.2, 0) is 6.54 Å². The molecule has 0 amide bonds. The fourth-order valence-corrected chi connectivity index (χ4v) is 3.41. The van der Waals surface area contributed by atoms with Gasteiger partial charge in [0.15, 0.2) is 5.75 Å². The molecule has 0 aliphatic carbocycles. The molecular formula is C15H18N2OS. The number of benzene rings is 1. The number of hydrogen-bond donors (Lipinski definition) is 0. The first-order valence-electron chi connectivity index (χ1n) is 6.71. The molecule has 1 atom stereocenters. The number of ether oxygens (including phenoxy) is 1. The van der Waals surface area contributed by atoms with Crippen molar-refractivity contribution in [2.45, 2.75) is 24.6 Å². The molecule has 1 unspecified atom stereocenters. The van der Waals surface area contributed by atoms with Gasteiger partial charge in [-0.15, -0.1) is 0 Å². The van der Waals surface area contributed by atoms with Crippen LogP contribution in [0.1, 0.15) is 18.4 Å². The monoisotopic (exact) mass is 274 g/mol. The molecule has 1 fully saturated rings. The highest BCUT2D eigenvalue weighted by molar-refractivity contribution is 8.00.